The van der Waals surface area contributed by atoms with Gasteiger partial charge < -0.3 is 32.7 Å². The minimum atomic E-state index is -1.11. The highest BCUT2D eigenvalue weighted by Crippen LogP contribution is 2.11. The van der Waals surface area contributed by atoms with Crippen molar-refractivity contribution < 1.29 is 14.4 Å². The normalized spacial score (nSPS) is 12.5. The zero-order valence-corrected chi connectivity index (χ0v) is 24.0. The molecular weight excluding hydrogens is 528 g/mol. The Morgan fingerprint density at radius 2 is 1.31 bits per heavy atom. The van der Waals surface area contributed by atoms with E-state index in [2.05, 4.69) is 10.6 Å². The van der Waals surface area contributed by atoms with Crippen LogP contribution in [0.4, 0.5) is 0 Å². The van der Waals surface area contributed by atoms with Crippen molar-refractivity contribution in [3.05, 3.63) is 107 Å². The summed E-state index contributed by atoms with van der Waals surface area (Å²) in [5.41, 5.74) is 21.4. The van der Waals surface area contributed by atoms with Crippen LogP contribution in [0, 0.1) is 0 Å². The Labute approximate surface area is 248 Å². The van der Waals surface area contributed by atoms with Crippen LogP contribution in [0.3, 0.4) is 0 Å². The molecule has 3 aromatic rings. The van der Waals surface area contributed by atoms with Crippen LogP contribution in [0.1, 0.15) is 35.1 Å². The van der Waals surface area contributed by atoms with Gasteiger partial charge in [-0.1, -0.05) is 97.1 Å². The van der Waals surface area contributed by atoms with Crippen molar-refractivity contribution in [3.63, 3.8) is 0 Å². The third kappa shape index (κ3) is 10.9. The molecule has 0 fully saturated rings. The highest BCUT2D eigenvalue weighted by atomic mass is 16.2. The lowest BCUT2D eigenvalue weighted by Gasteiger charge is -2.24. The van der Waals surface area contributed by atoms with Crippen molar-refractivity contribution in [2.24, 2.45) is 17.2 Å². The first-order chi connectivity index (χ1) is 20.4. The molecule has 3 amide bonds. The number of carbonyl (C=O) groups is 3. The smallest absolute Gasteiger partial charge is 0.242 e. The fraction of sp³-hybridized carbons (Fsp3) is 0.303. The average molecular weight is 571 g/mol. The van der Waals surface area contributed by atoms with Crippen LogP contribution in [-0.4, -0.2) is 60.9 Å². The molecule has 2 unspecified atom stereocenters. The largest absolute Gasteiger partial charge is 0.350 e. The molecule has 9 nitrogen and oxygen atoms in total. The van der Waals surface area contributed by atoms with E-state index in [0.717, 1.165) is 22.3 Å². The Morgan fingerprint density at radius 3 is 1.90 bits per heavy atom. The van der Waals surface area contributed by atoms with Gasteiger partial charge in [0.05, 0.1) is 12.5 Å². The lowest BCUT2D eigenvalue weighted by Crippen LogP contribution is -2.53. The molecule has 0 aliphatic heterocycles. The maximum Gasteiger partial charge on any atom is 0.242 e. The molecule has 3 rings (SSSR count). The van der Waals surface area contributed by atoms with E-state index in [1.165, 1.54) is 4.90 Å². The van der Waals surface area contributed by atoms with Gasteiger partial charge in [0, 0.05) is 32.7 Å². The lowest BCUT2D eigenvalue weighted by molar-refractivity contribution is -0.135. The third-order valence-electron chi connectivity index (χ3n) is 6.79. The molecule has 9 heteroatoms. The molecule has 0 heterocycles. The van der Waals surface area contributed by atoms with E-state index < -0.39 is 18.0 Å². The van der Waals surface area contributed by atoms with Gasteiger partial charge in [-0.05, 0) is 35.1 Å². The van der Waals surface area contributed by atoms with Gasteiger partial charge in [-0.2, -0.15) is 0 Å². The monoisotopic (exact) mass is 570 g/mol. The number of nitrogens with two attached hydrogens (primary N) is 3. The number of amides is 3. The molecule has 42 heavy (non-hydrogen) atoms. The van der Waals surface area contributed by atoms with Crippen molar-refractivity contribution in [1.82, 2.24) is 15.5 Å². The number of hydrogen-bond donors (Lipinski definition) is 5. The van der Waals surface area contributed by atoms with Crippen LogP contribution in [0.25, 0.3) is 12.2 Å². The summed E-state index contributed by atoms with van der Waals surface area (Å²) in [5.74, 6) is -1.19. The Balaban J connectivity index is 1.60. The average Bonchev–Trinajstić information content (AvgIpc) is 3.02. The number of aryl methyl sites for hydroxylation is 1. The van der Waals surface area contributed by atoms with Crippen molar-refractivity contribution in [2.75, 3.05) is 26.2 Å². The van der Waals surface area contributed by atoms with Gasteiger partial charge in [0.2, 0.25) is 17.7 Å². The van der Waals surface area contributed by atoms with E-state index >= 15 is 0 Å². The summed E-state index contributed by atoms with van der Waals surface area (Å²) >= 11 is 0. The molecule has 0 aliphatic carbocycles. The second-order valence-corrected chi connectivity index (χ2v) is 10.1. The maximum absolute atomic E-state index is 13.2. The van der Waals surface area contributed by atoms with Crippen LogP contribution >= 0.6 is 0 Å². The first kappa shape index (κ1) is 32.2. The highest BCUT2D eigenvalue weighted by molar-refractivity contribution is 5.92. The van der Waals surface area contributed by atoms with Crippen LogP contribution in [0.2, 0.25) is 0 Å². The Morgan fingerprint density at radius 1 is 0.738 bits per heavy atom. The van der Waals surface area contributed by atoms with Crippen LogP contribution < -0.4 is 27.8 Å². The summed E-state index contributed by atoms with van der Waals surface area (Å²) in [6.07, 6.45) is 4.83. The fourth-order valence-electron chi connectivity index (χ4n) is 4.40. The van der Waals surface area contributed by atoms with Gasteiger partial charge in [0.15, 0.2) is 0 Å². The van der Waals surface area contributed by atoms with E-state index in [1.54, 1.807) is 0 Å². The summed E-state index contributed by atoms with van der Waals surface area (Å²) in [5, 5.41) is 5.70. The number of carbonyl (C=O) groups excluding carboxylic acids is 3. The van der Waals surface area contributed by atoms with Gasteiger partial charge in [0.25, 0.3) is 0 Å². The molecule has 222 valence electrons. The summed E-state index contributed by atoms with van der Waals surface area (Å²) in [7, 11) is 0. The van der Waals surface area contributed by atoms with Crippen molar-refractivity contribution in [3.8, 4) is 0 Å². The van der Waals surface area contributed by atoms with E-state index in [1.807, 2.05) is 97.1 Å². The second-order valence-electron chi connectivity index (χ2n) is 10.1. The van der Waals surface area contributed by atoms with Crippen LogP contribution in [-0.2, 0) is 27.3 Å². The second kappa shape index (κ2) is 17.5. The summed E-state index contributed by atoms with van der Waals surface area (Å²) in [6, 6.07) is 25.7. The molecule has 0 radical (unpaired) electrons. The van der Waals surface area contributed by atoms with Crippen LogP contribution in [0.5, 0.6) is 0 Å². The van der Waals surface area contributed by atoms with Crippen molar-refractivity contribution in [2.45, 2.75) is 37.9 Å². The summed E-state index contributed by atoms with van der Waals surface area (Å²) in [4.78, 5) is 40.4. The van der Waals surface area contributed by atoms with Gasteiger partial charge in [-0.25, -0.2) is 0 Å². The van der Waals surface area contributed by atoms with E-state index in [4.69, 9.17) is 17.2 Å². The predicted molar refractivity (Wildman–Crippen MR) is 168 cm³/mol. The fourth-order valence-corrected chi connectivity index (χ4v) is 4.40. The first-order valence-corrected chi connectivity index (χ1v) is 14.3. The van der Waals surface area contributed by atoms with Gasteiger partial charge >= 0.3 is 0 Å². The molecule has 3 aromatic carbocycles. The number of nitrogens with zero attached hydrogens (tertiary/aromatic N) is 1. The topological polar surface area (TPSA) is 157 Å². The predicted octanol–water partition coefficient (Wildman–Crippen LogP) is 2.05. The quantitative estimate of drug-likeness (QED) is 0.166. The number of benzene rings is 3. The third-order valence-corrected chi connectivity index (χ3v) is 6.79. The van der Waals surface area contributed by atoms with Gasteiger partial charge in [0.1, 0.15) is 6.04 Å². The van der Waals surface area contributed by atoms with Crippen molar-refractivity contribution >= 4 is 29.9 Å². The number of nitrogens with one attached hydrogen (secondary N) is 2. The minimum Gasteiger partial charge on any atom is -0.350 e. The van der Waals surface area contributed by atoms with Crippen molar-refractivity contribution in [1.29, 1.82) is 0 Å². The molecule has 0 aromatic heterocycles. The molecule has 0 saturated heterocycles. The lowest BCUT2D eigenvalue weighted by atomic mass is 10.0. The van der Waals surface area contributed by atoms with E-state index in [0.29, 0.717) is 32.5 Å². The SMILES string of the molecule is NCCN(CCN)C(=O)CC(N)C(=O)NC(CCc1ccccc1)C(=O)NCc1ccc(C=Cc2ccccc2)cc1. The van der Waals surface area contributed by atoms with Crippen LogP contribution in [0.15, 0.2) is 84.9 Å². The molecule has 0 aliphatic rings. The zero-order valence-electron chi connectivity index (χ0n) is 24.0. The van der Waals surface area contributed by atoms with Gasteiger partial charge in [-0.15, -0.1) is 0 Å². The highest BCUT2D eigenvalue weighted by Gasteiger charge is 2.26. The summed E-state index contributed by atoms with van der Waals surface area (Å²) < 4.78 is 0. The number of rotatable bonds is 16. The zero-order chi connectivity index (χ0) is 30.2. The first-order valence-electron chi connectivity index (χ1n) is 14.3. The molecule has 0 saturated carbocycles. The molecule has 2 atom stereocenters. The molecule has 8 N–H and O–H groups in total. The molecule has 0 bridgehead atoms. The van der Waals surface area contributed by atoms with Gasteiger partial charge in [-0.3, -0.25) is 14.4 Å². The molecule has 0 spiro atoms. The Hall–Kier alpha value is -4.31. The standard InChI is InChI=1S/C33H42N6O3/c34-19-21-39(22-20-35)31(40)23-29(36)32(41)38-30(18-17-26-9-5-2-6-10-26)33(42)37-24-28-15-13-27(14-16-28)12-11-25-7-3-1-4-8-25/h1-16,29-30H,17-24,34-36H2,(H,37,42)(H,38,41). The minimum absolute atomic E-state index is 0.204. The Bertz CT molecular complexity index is 1280. The number of hydrogen-bond acceptors (Lipinski definition) is 6. The maximum atomic E-state index is 13.2. The van der Waals surface area contributed by atoms with E-state index in [-0.39, 0.29) is 31.3 Å². The van der Waals surface area contributed by atoms with E-state index in [9.17, 15) is 14.4 Å². The molecular formula is C33H42N6O3. The Kier molecular flexibility index (Phi) is 13.4. The summed E-state index contributed by atoms with van der Waals surface area (Å²) in [6.45, 7) is 1.52.